The van der Waals surface area contributed by atoms with E-state index in [2.05, 4.69) is 12.2 Å². The minimum Gasteiger partial charge on any atom is -0.459 e. The maximum Gasteiger partial charge on any atom is 0.329 e. The number of carbonyl (C=O) groups is 3. The molecule has 6 nitrogen and oxygen atoms in total. The molecule has 1 unspecified atom stereocenters. The lowest BCUT2D eigenvalue weighted by Gasteiger charge is -2.16. The largest absolute Gasteiger partial charge is 0.459 e. The number of ether oxygens (including phenoxy) is 1. The summed E-state index contributed by atoms with van der Waals surface area (Å²) in [7, 11) is 0. The lowest BCUT2D eigenvalue weighted by atomic mass is 10.1. The zero-order valence-corrected chi connectivity index (χ0v) is 14.8. The number of esters is 1. The Morgan fingerprint density at radius 3 is 2.40 bits per heavy atom. The quantitative estimate of drug-likeness (QED) is 0.448. The molecule has 0 aliphatic rings. The van der Waals surface area contributed by atoms with E-state index in [0.29, 0.717) is 6.42 Å². The fraction of sp³-hybridized carbons (Fsp3) is 0.526. The summed E-state index contributed by atoms with van der Waals surface area (Å²) in [5.41, 5.74) is 6.00. The standard InChI is InChI=1S/C19H28N2O4/c1-2-3-4-5-9-12-18(23)21-16(13-17(20)22)19(24)25-14-15-10-7-6-8-11-15/h6-8,10-11,16H,2-5,9,12-14H2,1H3,(H2,20,22)(H,21,23). The molecule has 0 aliphatic carbocycles. The minimum absolute atomic E-state index is 0.0851. The monoisotopic (exact) mass is 348 g/mol. The molecule has 0 radical (unpaired) electrons. The highest BCUT2D eigenvalue weighted by Gasteiger charge is 2.24. The van der Waals surface area contributed by atoms with Crippen molar-refractivity contribution in [2.24, 2.45) is 5.73 Å². The van der Waals surface area contributed by atoms with Crippen molar-refractivity contribution < 1.29 is 19.1 Å². The number of unbranched alkanes of at least 4 members (excludes halogenated alkanes) is 4. The summed E-state index contributed by atoms with van der Waals surface area (Å²) in [6.45, 7) is 2.21. The first kappa shape index (κ1) is 20.7. The second-order valence-corrected chi connectivity index (χ2v) is 6.05. The van der Waals surface area contributed by atoms with Crippen LogP contribution < -0.4 is 11.1 Å². The molecular weight excluding hydrogens is 320 g/mol. The van der Waals surface area contributed by atoms with Gasteiger partial charge in [0.15, 0.2) is 0 Å². The molecule has 0 fully saturated rings. The van der Waals surface area contributed by atoms with Crippen LogP contribution >= 0.6 is 0 Å². The predicted octanol–water partition coefficient (Wildman–Crippen LogP) is 2.45. The molecule has 0 saturated carbocycles. The Bertz CT molecular complexity index is 546. The minimum atomic E-state index is -1.04. The molecule has 0 bridgehead atoms. The van der Waals surface area contributed by atoms with Gasteiger partial charge in [-0.3, -0.25) is 9.59 Å². The van der Waals surface area contributed by atoms with E-state index in [0.717, 1.165) is 37.7 Å². The molecule has 2 amide bonds. The van der Waals surface area contributed by atoms with E-state index in [9.17, 15) is 14.4 Å². The number of hydrogen-bond acceptors (Lipinski definition) is 4. The van der Waals surface area contributed by atoms with Gasteiger partial charge in [0.25, 0.3) is 0 Å². The first-order valence-electron chi connectivity index (χ1n) is 8.81. The highest BCUT2D eigenvalue weighted by atomic mass is 16.5. The van der Waals surface area contributed by atoms with E-state index in [4.69, 9.17) is 10.5 Å². The molecule has 0 aliphatic heterocycles. The normalized spacial score (nSPS) is 11.6. The molecular formula is C19H28N2O4. The van der Waals surface area contributed by atoms with Gasteiger partial charge in [-0.2, -0.15) is 0 Å². The molecule has 0 saturated heterocycles. The smallest absolute Gasteiger partial charge is 0.329 e. The van der Waals surface area contributed by atoms with Gasteiger partial charge in [-0.15, -0.1) is 0 Å². The van der Waals surface area contributed by atoms with Crippen molar-refractivity contribution in [3.05, 3.63) is 35.9 Å². The Morgan fingerprint density at radius 2 is 1.76 bits per heavy atom. The van der Waals surface area contributed by atoms with E-state index in [1.807, 2.05) is 30.3 Å². The number of benzene rings is 1. The second kappa shape index (κ2) is 12.1. The summed E-state index contributed by atoms with van der Waals surface area (Å²) >= 11 is 0. The number of hydrogen-bond donors (Lipinski definition) is 2. The Morgan fingerprint density at radius 1 is 1.08 bits per heavy atom. The molecule has 1 aromatic carbocycles. The van der Waals surface area contributed by atoms with Gasteiger partial charge in [0.2, 0.25) is 11.8 Å². The summed E-state index contributed by atoms with van der Waals surface area (Å²) in [4.78, 5) is 35.3. The summed E-state index contributed by atoms with van der Waals surface area (Å²) in [6.07, 6.45) is 5.17. The van der Waals surface area contributed by atoms with Crippen LogP contribution in [0, 0.1) is 0 Å². The highest BCUT2D eigenvalue weighted by molar-refractivity contribution is 5.88. The fourth-order valence-electron chi connectivity index (χ4n) is 2.38. The first-order chi connectivity index (χ1) is 12.0. The van der Waals surface area contributed by atoms with Crippen molar-refractivity contribution in [1.82, 2.24) is 5.32 Å². The molecule has 0 spiro atoms. The molecule has 1 aromatic rings. The van der Waals surface area contributed by atoms with Crippen LogP contribution in [-0.4, -0.2) is 23.8 Å². The van der Waals surface area contributed by atoms with Gasteiger partial charge in [0.05, 0.1) is 6.42 Å². The Hall–Kier alpha value is -2.37. The zero-order valence-electron chi connectivity index (χ0n) is 14.8. The number of amides is 2. The van der Waals surface area contributed by atoms with Gasteiger partial charge in [0, 0.05) is 6.42 Å². The average molecular weight is 348 g/mol. The molecule has 1 rings (SSSR count). The topological polar surface area (TPSA) is 98.5 Å². The SMILES string of the molecule is CCCCCCCC(=O)NC(CC(N)=O)C(=O)OCc1ccccc1. The number of nitrogens with two attached hydrogens (primary N) is 1. The van der Waals surface area contributed by atoms with E-state index < -0.39 is 17.9 Å². The summed E-state index contributed by atoms with van der Waals surface area (Å²) in [6, 6.07) is 8.15. The van der Waals surface area contributed by atoms with Gasteiger partial charge >= 0.3 is 5.97 Å². The van der Waals surface area contributed by atoms with Crippen LogP contribution in [0.4, 0.5) is 0 Å². The van der Waals surface area contributed by atoms with Crippen molar-refractivity contribution in [2.75, 3.05) is 0 Å². The van der Waals surface area contributed by atoms with E-state index in [1.54, 1.807) is 0 Å². The Balaban J connectivity index is 2.44. The zero-order chi connectivity index (χ0) is 18.5. The van der Waals surface area contributed by atoms with Crippen molar-refractivity contribution in [2.45, 2.75) is 64.5 Å². The lowest BCUT2D eigenvalue weighted by molar-refractivity contribution is -0.150. The third kappa shape index (κ3) is 9.49. The Kier molecular flexibility index (Phi) is 9.97. The highest BCUT2D eigenvalue weighted by Crippen LogP contribution is 2.07. The van der Waals surface area contributed by atoms with Crippen molar-refractivity contribution in [3.8, 4) is 0 Å². The lowest BCUT2D eigenvalue weighted by Crippen LogP contribution is -2.44. The van der Waals surface area contributed by atoms with Gasteiger partial charge in [-0.25, -0.2) is 4.79 Å². The summed E-state index contributed by atoms with van der Waals surface area (Å²) < 4.78 is 5.19. The summed E-state index contributed by atoms with van der Waals surface area (Å²) in [5.74, 6) is -1.58. The van der Waals surface area contributed by atoms with Crippen LogP contribution in [0.3, 0.4) is 0 Å². The van der Waals surface area contributed by atoms with Crippen LogP contribution in [0.2, 0.25) is 0 Å². The Labute approximate surface area is 149 Å². The second-order valence-electron chi connectivity index (χ2n) is 6.05. The van der Waals surface area contributed by atoms with Crippen LogP contribution in [0.1, 0.15) is 57.4 Å². The maximum atomic E-state index is 12.2. The molecule has 0 aromatic heterocycles. The van der Waals surface area contributed by atoms with Gasteiger partial charge in [-0.05, 0) is 12.0 Å². The fourth-order valence-corrected chi connectivity index (χ4v) is 2.38. The third-order valence-electron chi connectivity index (χ3n) is 3.76. The van der Waals surface area contributed by atoms with E-state index in [1.165, 1.54) is 0 Å². The van der Waals surface area contributed by atoms with Crippen molar-refractivity contribution in [3.63, 3.8) is 0 Å². The molecule has 3 N–H and O–H groups in total. The first-order valence-corrected chi connectivity index (χ1v) is 8.81. The molecule has 6 heteroatoms. The summed E-state index contributed by atoms with van der Waals surface area (Å²) in [5, 5.41) is 2.56. The van der Waals surface area contributed by atoms with E-state index in [-0.39, 0.29) is 18.9 Å². The van der Waals surface area contributed by atoms with Crippen molar-refractivity contribution >= 4 is 17.8 Å². The number of rotatable bonds is 12. The van der Waals surface area contributed by atoms with E-state index >= 15 is 0 Å². The third-order valence-corrected chi connectivity index (χ3v) is 3.76. The number of nitrogens with one attached hydrogen (secondary N) is 1. The van der Waals surface area contributed by atoms with Crippen LogP contribution in [0.25, 0.3) is 0 Å². The maximum absolute atomic E-state index is 12.2. The van der Waals surface area contributed by atoms with Crippen molar-refractivity contribution in [1.29, 1.82) is 0 Å². The van der Waals surface area contributed by atoms with Crippen LogP contribution in [0.5, 0.6) is 0 Å². The predicted molar refractivity (Wildman–Crippen MR) is 95.4 cm³/mol. The van der Waals surface area contributed by atoms with Gasteiger partial charge in [-0.1, -0.05) is 62.9 Å². The number of primary amides is 1. The molecule has 25 heavy (non-hydrogen) atoms. The van der Waals surface area contributed by atoms with Gasteiger partial charge in [0.1, 0.15) is 12.6 Å². The van der Waals surface area contributed by atoms with Crippen LogP contribution in [0.15, 0.2) is 30.3 Å². The molecule has 1 atom stereocenters. The van der Waals surface area contributed by atoms with Crippen LogP contribution in [-0.2, 0) is 25.7 Å². The average Bonchev–Trinajstić information content (AvgIpc) is 2.59. The van der Waals surface area contributed by atoms with Gasteiger partial charge < -0.3 is 15.8 Å². The molecule has 138 valence electrons. The number of carbonyl (C=O) groups excluding carboxylic acids is 3. The molecule has 0 heterocycles.